The van der Waals surface area contributed by atoms with E-state index in [1.54, 1.807) is 18.0 Å². The van der Waals surface area contributed by atoms with Crippen molar-refractivity contribution in [3.8, 4) is 0 Å². The summed E-state index contributed by atoms with van der Waals surface area (Å²) in [6.45, 7) is 2.43. The summed E-state index contributed by atoms with van der Waals surface area (Å²) in [4.78, 5) is 30.9. The summed E-state index contributed by atoms with van der Waals surface area (Å²) in [6, 6.07) is 20.4. The van der Waals surface area contributed by atoms with Gasteiger partial charge in [0.2, 0.25) is 0 Å². The molecule has 5 nitrogen and oxygen atoms in total. The van der Waals surface area contributed by atoms with E-state index in [4.69, 9.17) is 0 Å². The number of carbonyl (C=O) groups is 2. The fourth-order valence-corrected chi connectivity index (χ4v) is 2.74. The second kappa shape index (κ2) is 8.27. The van der Waals surface area contributed by atoms with Gasteiger partial charge in [-0.3, -0.25) is 14.6 Å². The number of carbonyl (C=O) groups excluding carboxylic acids is 2. The van der Waals surface area contributed by atoms with Crippen LogP contribution in [0, 0.1) is 6.92 Å². The Bertz CT molecular complexity index is 955. The number of rotatable bonds is 5. The van der Waals surface area contributed by atoms with Gasteiger partial charge >= 0.3 is 0 Å². The quantitative estimate of drug-likeness (QED) is 0.751. The van der Waals surface area contributed by atoms with Gasteiger partial charge in [-0.25, -0.2) is 0 Å². The number of hydrogen-bond donors (Lipinski definition) is 1. The summed E-state index contributed by atoms with van der Waals surface area (Å²) in [7, 11) is 1.72. The van der Waals surface area contributed by atoms with Crippen molar-refractivity contribution >= 4 is 17.5 Å². The zero-order valence-electron chi connectivity index (χ0n) is 15.3. The predicted octanol–water partition coefficient (Wildman–Crippen LogP) is 3.91. The second-order valence-corrected chi connectivity index (χ2v) is 6.40. The van der Waals surface area contributed by atoms with E-state index in [-0.39, 0.29) is 17.5 Å². The van der Waals surface area contributed by atoms with E-state index >= 15 is 0 Å². The Balaban J connectivity index is 1.72. The molecular formula is C22H21N3O2. The minimum absolute atomic E-state index is 0.232. The number of amides is 2. The van der Waals surface area contributed by atoms with Crippen LogP contribution in [-0.2, 0) is 6.54 Å². The molecule has 5 heteroatoms. The summed E-state index contributed by atoms with van der Waals surface area (Å²) in [5.41, 5.74) is 3.43. The second-order valence-electron chi connectivity index (χ2n) is 6.40. The highest BCUT2D eigenvalue weighted by atomic mass is 16.2. The van der Waals surface area contributed by atoms with E-state index in [1.807, 2.05) is 61.5 Å². The molecule has 0 radical (unpaired) electrons. The van der Waals surface area contributed by atoms with Gasteiger partial charge in [0.15, 0.2) is 0 Å². The minimum Gasteiger partial charge on any atom is -0.336 e. The zero-order chi connectivity index (χ0) is 19.2. The molecule has 0 bridgehead atoms. The average Bonchev–Trinajstić information content (AvgIpc) is 2.68. The Hall–Kier alpha value is -3.47. The summed E-state index contributed by atoms with van der Waals surface area (Å²) in [5, 5.41) is 2.84. The maximum Gasteiger partial charge on any atom is 0.272 e. The fraction of sp³-hybridized carbons (Fsp3) is 0.136. The summed E-state index contributed by atoms with van der Waals surface area (Å²) < 4.78 is 0. The Kier molecular flexibility index (Phi) is 5.61. The summed E-state index contributed by atoms with van der Waals surface area (Å²) >= 11 is 0. The Labute approximate surface area is 158 Å². The van der Waals surface area contributed by atoms with Crippen LogP contribution in [0.4, 0.5) is 5.69 Å². The van der Waals surface area contributed by atoms with Crippen molar-refractivity contribution in [1.29, 1.82) is 0 Å². The molecule has 0 spiro atoms. The summed E-state index contributed by atoms with van der Waals surface area (Å²) in [5.74, 6) is -0.508. The Morgan fingerprint density at radius 3 is 2.52 bits per heavy atom. The van der Waals surface area contributed by atoms with E-state index in [9.17, 15) is 9.59 Å². The molecule has 0 saturated heterocycles. The van der Waals surface area contributed by atoms with Crippen LogP contribution < -0.4 is 5.32 Å². The first-order valence-electron chi connectivity index (χ1n) is 8.66. The lowest BCUT2D eigenvalue weighted by molar-refractivity contribution is 0.0779. The van der Waals surface area contributed by atoms with Gasteiger partial charge in [-0.15, -0.1) is 0 Å². The van der Waals surface area contributed by atoms with Crippen LogP contribution >= 0.6 is 0 Å². The monoisotopic (exact) mass is 359 g/mol. The molecule has 0 unspecified atom stereocenters. The molecule has 136 valence electrons. The van der Waals surface area contributed by atoms with E-state index in [0.29, 0.717) is 17.8 Å². The third-order valence-corrected chi connectivity index (χ3v) is 4.13. The molecule has 1 aromatic heterocycles. The number of nitrogens with one attached hydrogen (secondary N) is 1. The lowest BCUT2D eigenvalue weighted by Gasteiger charge is -2.17. The standard InChI is InChI=1S/C22H21N3O2/c1-16-7-6-10-19(13-16)24-21(26)18-11-12-23-20(14-18)22(27)25(2)15-17-8-4-3-5-9-17/h3-14H,15H2,1-2H3,(H,24,26). The first kappa shape index (κ1) is 18.3. The molecule has 1 N–H and O–H groups in total. The number of aromatic nitrogens is 1. The lowest BCUT2D eigenvalue weighted by atomic mass is 10.1. The third kappa shape index (κ3) is 4.79. The molecule has 1 heterocycles. The molecular weight excluding hydrogens is 338 g/mol. The molecule has 0 aliphatic carbocycles. The van der Waals surface area contributed by atoms with Gasteiger partial charge in [0.05, 0.1) is 0 Å². The van der Waals surface area contributed by atoms with Crippen molar-refractivity contribution in [2.24, 2.45) is 0 Å². The minimum atomic E-state index is -0.275. The van der Waals surface area contributed by atoms with Gasteiger partial charge in [0.1, 0.15) is 5.69 Å². The van der Waals surface area contributed by atoms with Gasteiger partial charge in [0.25, 0.3) is 11.8 Å². The fourth-order valence-electron chi connectivity index (χ4n) is 2.74. The number of benzene rings is 2. The maximum atomic E-state index is 12.7. The molecule has 0 fully saturated rings. The largest absolute Gasteiger partial charge is 0.336 e. The highest BCUT2D eigenvalue weighted by molar-refractivity contribution is 6.05. The number of hydrogen-bond acceptors (Lipinski definition) is 3. The molecule has 0 aliphatic rings. The molecule has 3 rings (SSSR count). The van der Waals surface area contributed by atoms with E-state index in [0.717, 1.165) is 11.1 Å². The van der Waals surface area contributed by atoms with Crippen molar-refractivity contribution in [2.75, 3.05) is 12.4 Å². The van der Waals surface area contributed by atoms with Crippen molar-refractivity contribution in [2.45, 2.75) is 13.5 Å². The molecule has 0 aliphatic heterocycles. The van der Waals surface area contributed by atoms with Gasteiger partial charge < -0.3 is 10.2 Å². The first-order valence-corrected chi connectivity index (χ1v) is 8.66. The van der Waals surface area contributed by atoms with Crippen LogP contribution in [0.3, 0.4) is 0 Å². The zero-order valence-corrected chi connectivity index (χ0v) is 15.3. The Morgan fingerprint density at radius 1 is 1.00 bits per heavy atom. The smallest absolute Gasteiger partial charge is 0.272 e. The van der Waals surface area contributed by atoms with Crippen molar-refractivity contribution in [3.05, 3.63) is 95.3 Å². The third-order valence-electron chi connectivity index (χ3n) is 4.13. The van der Waals surface area contributed by atoms with Gasteiger partial charge in [-0.2, -0.15) is 0 Å². The number of anilines is 1. The topological polar surface area (TPSA) is 62.3 Å². The number of nitrogens with zero attached hydrogens (tertiary/aromatic N) is 2. The van der Waals surface area contributed by atoms with Crippen LogP contribution in [0.2, 0.25) is 0 Å². The Morgan fingerprint density at radius 2 is 1.78 bits per heavy atom. The van der Waals surface area contributed by atoms with Crippen LogP contribution in [0.25, 0.3) is 0 Å². The molecule has 0 atom stereocenters. The highest BCUT2D eigenvalue weighted by Gasteiger charge is 2.16. The first-order chi connectivity index (χ1) is 13.0. The van der Waals surface area contributed by atoms with Crippen LogP contribution in [-0.4, -0.2) is 28.7 Å². The highest BCUT2D eigenvalue weighted by Crippen LogP contribution is 2.13. The number of aryl methyl sites for hydroxylation is 1. The van der Waals surface area contributed by atoms with Crippen LogP contribution in [0.15, 0.2) is 72.9 Å². The molecule has 2 aromatic carbocycles. The van der Waals surface area contributed by atoms with E-state index in [2.05, 4.69) is 10.3 Å². The average molecular weight is 359 g/mol. The summed E-state index contributed by atoms with van der Waals surface area (Å²) in [6.07, 6.45) is 1.48. The van der Waals surface area contributed by atoms with Gasteiger partial charge in [-0.05, 0) is 42.3 Å². The normalized spacial score (nSPS) is 10.3. The van der Waals surface area contributed by atoms with Crippen LogP contribution in [0.1, 0.15) is 32.0 Å². The SMILES string of the molecule is Cc1cccc(NC(=O)c2ccnc(C(=O)N(C)Cc3ccccc3)c2)c1. The van der Waals surface area contributed by atoms with Gasteiger partial charge in [0, 0.05) is 31.0 Å². The maximum absolute atomic E-state index is 12.7. The van der Waals surface area contributed by atoms with E-state index < -0.39 is 0 Å². The number of pyridine rings is 1. The predicted molar refractivity (Wildman–Crippen MR) is 106 cm³/mol. The molecule has 0 saturated carbocycles. The van der Waals surface area contributed by atoms with Crippen LogP contribution in [0.5, 0.6) is 0 Å². The molecule has 27 heavy (non-hydrogen) atoms. The molecule has 3 aromatic rings. The van der Waals surface area contributed by atoms with E-state index in [1.165, 1.54) is 12.3 Å². The van der Waals surface area contributed by atoms with Crippen molar-refractivity contribution in [1.82, 2.24) is 9.88 Å². The van der Waals surface area contributed by atoms with Gasteiger partial charge in [-0.1, -0.05) is 42.5 Å². The lowest BCUT2D eigenvalue weighted by Crippen LogP contribution is -2.27. The van der Waals surface area contributed by atoms with Crippen molar-refractivity contribution in [3.63, 3.8) is 0 Å². The molecule has 2 amide bonds. The van der Waals surface area contributed by atoms with Crippen molar-refractivity contribution < 1.29 is 9.59 Å².